The lowest BCUT2D eigenvalue weighted by Crippen LogP contribution is -2.37. The summed E-state index contributed by atoms with van der Waals surface area (Å²) < 4.78 is 45.7. The van der Waals surface area contributed by atoms with E-state index >= 15 is 0 Å². The molecule has 158 valence electrons. The van der Waals surface area contributed by atoms with E-state index in [0.717, 1.165) is 0 Å². The SMILES string of the molecule is CN(CCC(=O)NC=O)c1nn(C)c2cc(C3CCB(C#N)CC3(F)F)c(F)cc12. The molecular weight excluding hydrogens is 398 g/mol. The molecule has 0 bridgehead atoms. The van der Waals surface area contributed by atoms with E-state index in [1.54, 1.807) is 19.0 Å². The Morgan fingerprint density at radius 2 is 2.27 bits per heavy atom. The number of alkyl halides is 2. The molecule has 1 unspecified atom stereocenters. The predicted molar refractivity (Wildman–Crippen MR) is 106 cm³/mol. The summed E-state index contributed by atoms with van der Waals surface area (Å²) in [5.41, 5.74) is 0.412. The largest absolute Gasteiger partial charge is 0.357 e. The molecule has 1 aromatic carbocycles. The Labute approximate surface area is 171 Å². The summed E-state index contributed by atoms with van der Waals surface area (Å²) in [5, 5.41) is 15.8. The Balaban J connectivity index is 1.92. The molecule has 1 aromatic heterocycles. The molecule has 3 rings (SSSR count). The number of carbonyl (C=O) groups excluding carboxylic acids is 2. The lowest BCUT2D eigenvalue weighted by Gasteiger charge is -2.33. The molecule has 1 aliphatic heterocycles. The normalized spacial score (nSPS) is 18.1. The van der Waals surface area contributed by atoms with Gasteiger partial charge >= 0.3 is 0 Å². The van der Waals surface area contributed by atoms with Crippen molar-refractivity contribution in [3.05, 3.63) is 23.5 Å². The summed E-state index contributed by atoms with van der Waals surface area (Å²) in [5.74, 6) is -3.38. The zero-order valence-electron chi connectivity index (χ0n) is 16.7. The number of benzene rings is 1. The molecule has 2 amide bonds. The zero-order chi connectivity index (χ0) is 22.1. The van der Waals surface area contributed by atoms with Gasteiger partial charge in [0.25, 0.3) is 6.71 Å². The fourth-order valence-corrected chi connectivity index (χ4v) is 3.98. The van der Waals surface area contributed by atoms with Crippen molar-refractivity contribution in [1.29, 1.82) is 5.26 Å². The summed E-state index contributed by atoms with van der Waals surface area (Å²) in [6.45, 7) is -0.498. The van der Waals surface area contributed by atoms with Crippen LogP contribution < -0.4 is 10.2 Å². The molecule has 1 saturated heterocycles. The van der Waals surface area contributed by atoms with Crippen LogP contribution in [0.3, 0.4) is 0 Å². The van der Waals surface area contributed by atoms with Gasteiger partial charge in [0.2, 0.25) is 18.2 Å². The van der Waals surface area contributed by atoms with Crippen molar-refractivity contribution in [2.75, 3.05) is 18.5 Å². The number of hydrogen-bond donors (Lipinski definition) is 1. The fourth-order valence-electron chi connectivity index (χ4n) is 3.98. The van der Waals surface area contributed by atoms with E-state index in [4.69, 9.17) is 5.26 Å². The molecule has 1 atom stereocenters. The van der Waals surface area contributed by atoms with Gasteiger partial charge in [0.1, 0.15) is 5.82 Å². The van der Waals surface area contributed by atoms with Crippen LogP contribution in [-0.4, -0.2) is 48.3 Å². The van der Waals surface area contributed by atoms with E-state index in [1.165, 1.54) is 16.8 Å². The number of nitriles is 1. The van der Waals surface area contributed by atoms with Gasteiger partial charge in [-0.15, -0.1) is 0 Å². The number of aryl methyl sites for hydroxylation is 1. The number of carbonyl (C=O) groups is 2. The van der Waals surface area contributed by atoms with Gasteiger partial charge in [-0.05, 0) is 24.1 Å². The Morgan fingerprint density at radius 1 is 1.53 bits per heavy atom. The Kier molecular flexibility index (Phi) is 6.05. The minimum atomic E-state index is -3.17. The van der Waals surface area contributed by atoms with E-state index in [9.17, 15) is 22.8 Å². The van der Waals surface area contributed by atoms with Gasteiger partial charge in [-0.3, -0.25) is 19.6 Å². The van der Waals surface area contributed by atoms with Crippen LogP contribution >= 0.6 is 0 Å². The van der Waals surface area contributed by atoms with Crippen LogP contribution in [0.2, 0.25) is 12.6 Å². The van der Waals surface area contributed by atoms with Crippen molar-refractivity contribution in [3.8, 4) is 5.97 Å². The highest BCUT2D eigenvalue weighted by atomic mass is 19.3. The minimum absolute atomic E-state index is 0.0300. The van der Waals surface area contributed by atoms with Gasteiger partial charge in [-0.25, -0.2) is 18.4 Å². The van der Waals surface area contributed by atoms with Crippen LogP contribution in [-0.2, 0) is 16.6 Å². The van der Waals surface area contributed by atoms with Gasteiger partial charge in [0.05, 0.1) is 5.52 Å². The van der Waals surface area contributed by atoms with Crippen LogP contribution in [0.5, 0.6) is 0 Å². The van der Waals surface area contributed by atoms with E-state index in [-0.39, 0.29) is 24.9 Å². The van der Waals surface area contributed by atoms with Crippen molar-refractivity contribution < 1.29 is 22.8 Å². The number of aromatic nitrogens is 2. The standard InChI is InChI=1S/C19H21BF3N5O2/c1-27(6-4-17(30)25-11-29)18-13-7-15(21)12(8-16(13)28(2)26-18)14-3-5-20(10-24)9-19(14,22)23/h7-8,11,14H,3-6,9H2,1-2H3,(H,25,29,30). The summed E-state index contributed by atoms with van der Waals surface area (Å²) >= 11 is 0. The first-order valence-corrected chi connectivity index (χ1v) is 9.55. The quantitative estimate of drug-likeness (QED) is 0.574. The first kappa shape index (κ1) is 21.7. The third-order valence-electron chi connectivity index (χ3n) is 5.60. The third kappa shape index (κ3) is 4.13. The second-order valence-electron chi connectivity index (χ2n) is 7.62. The highest BCUT2D eigenvalue weighted by Gasteiger charge is 2.48. The summed E-state index contributed by atoms with van der Waals surface area (Å²) in [6.07, 6.45) is 0.0892. The van der Waals surface area contributed by atoms with E-state index < -0.39 is 36.6 Å². The number of nitrogens with one attached hydrogen (secondary N) is 1. The number of hydrogen-bond acceptors (Lipinski definition) is 5. The maximum Gasteiger partial charge on any atom is 0.273 e. The Morgan fingerprint density at radius 3 is 2.90 bits per heavy atom. The average Bonchev–Trinajstić information content (AvgIpc) is 3.01. The van der Waals surface area contributed by atoms with Gasteiger partial charge < -0.3 is 4.90 Å². The topological polar surface area (TPSA) is 91.0 Å². The number of rotatable bonds is 6. The highest BCUT2D eigenvalue weighted by Crippen LogP contribution is 2.47. The van der Waals surface area contributed by atoms with Gasteiger partial charge in [0.15, 0.2) is 5.82 Å². The van der Waals surface area contributed by atoms with Crippen LogP contribution in [0.4, 0.5) is 19.0 Å². The molecule has 1 aliphatic rings. The molecule has 1 N–H and O–H groups in total. The Hall–Kier alpha value is -3.03. The first-order valence-electron chi connectivity index (χ1n) is 9.55. The summed E-state index contributed by atoms with van der Waals surface area (Å²) in [4.78, 5) is 23.4. The smallest absolute Gasteiger partial charge is 0.273 e. The maximum atomic E-state index is 14.9. The van der Waals surface area contributed by atoms with Crippen LogP contribution in [0.15, 0.2) is 12.1 Å². The van der Waals surface area contributed by atoms with Crippen molar-refractivity contribution in [1.82, 2.24) is 15.1 Å². The molecule has 0 aliphatic carbocycles. The average molecular weight is 419 g/mol. The van der Waals surface area contributed by atoms with Crippen LogP contribution in [0.25, 0.3) is 10.9 Å². The van der Waals surface area contributed by atoms with Crippen LogP contribution in [0.1, 0.15) is 24.3 Å². The zero-order valence-corrected chi connectivity index (χ0v) is 16.7. The highest BCUT2D eigenvalue weighted by molar-refractivity contribution is 6.67. The number of amides is 2. The van der Waals surface area contributed by atoms with Gasteiger partial charge in [0, 0.05) is 50.7 Å². The van der Waals surface area contributed by atoms with Crippen LogP contribution in [0, 0.1) is 17.0 Å². The molecule has 2 heterocycles. The van der Waals surface area contributed by atoms with Crippen molar-refractivity contribution in [2.24, 2.45) is 7.05 Å². The number of anilines is 1. The predicted octanol–water partition coefficient (Wildman–Crippen LogP) is 2.49. The third-order valence-corrected chi connectivity index (χ3v) is 5.60. The van der Waals surface area contributed by atoms with Gasteiger partial charge in [-0.1, -0.05) is 6.32 Å². The summed E-state index contributed by atoms with van der Waals surface area (Å²) in [7, 11) is 3.30. The second kappa shape index (κ2) is 8.38. The number of nitrogens with zero attached hydrogens (tertiary/aromatic N) is 4. The van der Waals surface area contributed by atoms with E-state index in [2.05, 4.69) is 5.10 Å². The molecular formula is C19H21BF3N5O2. The monoisotopic (exact) mass is 419 g/mol. The number of halogens is 3. The molecule has 0 saturated carbocycles. The minimum Gasteiger partial charge on any atom is -0.357 e. The van der Waals surface area contributed by atoms with Crippen molar-refractivity contribution >= 4 is 35.8 Å². The molecule has 1 fully saturated rings. The Bertz CT molecular complexity index is 1020. The van der Waals surface area contributed by atoms with Gasteiger partial charge in [-0.2, -0.15) is 5.10 Å². The molecule has 0 spiro atoms. The van der Waals surface area contributed by atoms with E-state index in [0.29, 0.717) is 29.5 Å². The molecule has 2 aromatic rings. The molecule has 0 radical (unpaired) electrons. The lowest BCUT2D eigenvalue weighted by atomic mass is 9.40. The summed E-state index contributed by atoms with van der Waals surface area (Å²) in [6, 6.07) is 2.60. The van der Waals surface area contributed by atoms with E-state index in [1.807, 2.05) is 11.3 Å². The first-order chi connectivity index (χ1) is 14.2. The number of imide groups is 1. The number of fused-ring (bicyclic) bond motifs is 1. The molecule has 11 heteroatoms. The lowest BCUT2D eigenvalue weighted by molar-refractivity contribution is -0.125. The fraction of sp³-hybridized carbons (Fsp3) is 0.474. The van der Waals surface area contributed by atoms with Crippen molar-refractivity contribution in [3.63, 3.8) is 0 Å². The second-order valence-corrected chi connectivity index (χ2v) is 7.62. The molecule has 30 heavy (non-hydrogen) atoms. The van der Waals surface area contributed by atoms with Crippen molar-refractivity contribution in [2.45, 2.75) is 37.3 Å². The maximum absolute atomic E-state index is 14.9. The molecule has 7 nitrogen and oxygen atoms in total.